The van der Waals surface area contributed by atoms with Crippen molar-refractivity contribution in [1.82, 2.24) is 19.1 Å². The first-order valence-electron chi connectivity index (χ1n) is 16.4. The second-order valence-corrected chi connectivity index (χ2v) is 13.6. The van der Waals surface area contributed by atoms with Crippen LogP contribution in [0.2, 0.25) is 10.0 Å². The highest BCUT2D eigenvalue weighted by molar-refractivity contribution is 7.96. The zero-order valence-electron chi connectivity index (χ0n) is 28.6. The molecule has 2 atom stereocenters. The summed E-state index contributed by atoms with van der Waals surface area (Å²) in [5.74, 6) is -0.425. The maximum atomic E-state index is 12.8. The monoisotopic (exact) mass is 757 g/mol. The van der Waals surface area contributed by atoms with Crippen LogP contribution < -0.4 is 19.9 Å². The summed E-state index contributed by atoms with van der Waals surface area (Å²) in [4.78, 5) is 21.5. The van der Waals surface area contributed by atoms with Crippen molar-refractivity contribution in [1.29, 1.82) is 0 Å². The predicted octanol–water partition coefficient (Wildman–Crippen LogP) is 5.99. The van der Waals surface area contributed by atoms with E-state index in [1.165, 1.54) is 18.3 Å². The Hall–Kier alpha value is -3.76. The average Bonchev–Trinajstić information content (AvgIpc) is 3.82. The predicted molar refractivity (Wildman–Crippen MR) is 199 cm³/mol. The lowest BCUT2D eigenvalue weighted by Gasteiger charge is -2.37. The summed E-state index contributed by atoms with van der Waals surface area (Å²) in [7, 11) is 3.10. The lowest BCUT2D eigenvalue weighted by molar-refractivity contribution is -0.190. The molecule has 3 heterocycles. The molecule has 2 saturated heterocycles. The molecule has 4 aromatic rings. The van der Waals surface area contributed by atoms with Gasteiger partial charge in [0.2, 0.25) is 5.79 Å². The minimum absolute atomic E-state index is 0.235. The molecule has 51 heavy (non-hydrogen) atoms. The minimum atomic E-state index is -1.16. The summed E-state index contributed by atoms with van der Waals surface area (Å²) in [6.07, 6.45) is 4.07. The summed E-state index contributed by atoms with van der Waals surface area (Å²) in [6.45, 7) is 4.65. The van der Waals surface area contributed by atoms with E-state index in [4.69, 9.17) is 46.9 Å². The van der Waals surface area contributed by atoms with Gasteiger partial charge in [0.05, 0.1) is 18.2 Å². The average molecular weight is 759 g/mol. The largest absolute Gasteiger partial charge is 0.491 e. The maximum absolute atomic E-state index is 12.8. The number of amides is 2. The van der Waals surface area contributed by atoms with Crippen molar-refractivity contribution in [3.63, 3.8) is 0 Å². The Morgan fingerprint density at radius 1 is 1.02 bits per heavy atom. The standard InChI is InChI=1S/C35H41Cl2N7O6S/c1-46-33(47-2)19-44(51-3)34(45)40-26-5-7-27(8-6-26)41-14-16-42(17-15-41)28-9-11-29(12-10-28)48-20-30-21-49-35(50-30,22-43-24-38-23-39-43)31-13-4-25(36)18-32(31)37/h4-13,18,23-24,30,33H,14-17,19-22H2,1-3H3,(H,40,45). The van der Waals surface area contributed by atoms with E-state index >= 15 is 0 Å². The van der Waals surface area contributed by atoms with E-state index in [2.05, 4.69) is 37.3 Å². The van der Waals surface area contributed by atoms with Crippen LogP contribution in [0.4, 0.5) is 21.9 Å². The van der Waals surface area contributed by atoms with Gasteiger partial charge in [-0.1, -0.05) is 29.3 Å². The van der Waals surface area contributed by atoms with E-state index in [1.54, 1.807) is 41.7 Å². The molecule has 272 valence electrons. The maximum Gasteiger partial charge on any atom is 0.332 e. The first kappa shape index (κ1) is 37.0. The highest BCUT2D eigenvalue weighted by atomic mass is 35.5. The fourth-order valence-corrected chi connectivity index (χ4v) is 7.04. The zero-order chi connectivity index (χ0) is 35.8. The third-order valence-electron chi connectivity index (χ3n) is 8.73. The molecule has 0 spiro atoms. The molecule has 6 rings (SSSR count). The number of halogens is 2. The van der Waals surface area contributed by atoms with Crippen LogP contribution in [-0.2, 0) is 31.3 Å². The highest BCUT2D eigenvalue weighted by Gasteiger charge is 2.45. The van der Waals surface area contributed by atoms with Crippen LogP contribution in [0.1, 0.15) is 5.56 Å². The van der Waals surface area contributed by atoms with Crippen molar-refractivity contribution in [3.8, 4) is 5.75 Å². The molecule has 2 aliphatic rings. The molecule has 2 amide bonds. The third-order valence-corrected chi connectivity index (χ3v) is 10.0. The molecule has 2 unspecified atom stereocenters. The van der Waals surface area contributed by atoms with Crippen molar-refractivity contribution >= 4 is 58.2 Å². The van der Waals surface area contributed by atoms with Gasteiger partial charge in [-0.05, 0) is 72.6 Å². The molecular formula is C35H41Cl2N7O6S. The first-order valence-corrected chi connectivity index (χ1v) is 18.3. The minimum Gasteiger partial charge on any atom is -0.491 e. The lowest BCUT2D eigenvalue weighted by Crippen LogP contribution is -2.46. The summed E-state index contributed by atoms with van der Waals surface area (Å²) >= 11 is 14.1. The Labute approximate surface area is 311 Å². The second kappa shape index (κ2) is 17.2. The smallest absolute Gasteiger partial charge is 0.332 e. The van der Waals surface area contributed by atoms with E-state index in [-0.39, 0.29) is 18.7 Å². The SMILES string of the molecule is COC(CN(SC)C(=O)Nc1ccc(N2CCN(c3ccc(OCC4COC(Cn5cncn5)(c5ccc(Cl)cc5Cl)O4)cc3)CC2)cc1)OC. The molecule has 0 saturated carbocycles. The highest BCUT2D eigenvalue weighted by Crippen LogP contribution is 2.40. The number of nitrogens with one attached hydrogen (secondary N) is 1. The number of urea groups is 1. The lowest BCUT2D eigenvalue weighted by atomic mass is 10.1. The number of methoxy groups -OCH3 is 2. The van der Waals surface area contributed by atoms with E-state index in [0.717, 1.165) is 49.0 Å². The molecule has 3 aromatic carbocycles. The van der Waals surface area contributed by atoms with E-state index < -0.39 is 12.1 Å². The van der Waals surface area contributed by atoms with Crippen LogP contribution >= 0.6 is 35.1 Å². The van der Waals surface area contributed by atoms with Gasteiger partial charge in [-0.15, -0.1) is 0 Å². The van der Waals surface area contributed by atoms with Gasteiger partial charge in [0.15, 0.2) is 6.29 Å². The van der Waals surface area contributed by atoms with Crippen molar-refractivity contribution < 1.29 is 28.5 Å². The molecule has 2 fully saturated rings. The zero-order valence-corrected chi connectivity index (χ0v) is 30.9. The van der Waals surface area contributed by atoms with Crippen LogP contribution in [0.5, 0.6) is 5.75 Å². The quantitative estimate of drug-likeness (QED) is 0.121. The first-order chi connectivity index (χ1) is 24.8. The van der Waals surface area contributed by atoms with Gasteiger partial charge in [-0.2, -0.15) is 5.10 Å². The van der Waals surface area contributed by atoms with E-state index in [9.17, 15) is 4.79 Å². The Balaban J connectivity index is 0.980. The number of ether oxygens (including phenoxy) is 5. The van der Waals surface area contributed by atoms with Crippen molar-refractivity contribution in [2.45, 2.75) is 24.7 Å². The molecular weight excluding hydrogens is 717 g/mol. The Morgan fingerprint density at radius 3 is 2.27 bits per heavy atom. The number of rotatable bonds is 14. The number of piperazine rings is 1. The topological polar surface area (TPSA) is 116 Å². The molecule has 1 N–H and O–H groups in total. The molecule has 2 aliphatic heterocycles. The summed E-state index contributed by atoms with van der Waals surface area (Å²) in [5.41, 5.74) is 3.63. The van der Waals surface area contributed by atoms with Gasteiger partial charge in [0, 0.05) is 74.3 Å². The Morgan fingerprint density at radius 2 is 1.69 bits per heavy atom. The van der Waals surface area contributed by atoms with Crippen molar-refractivity contribution in [2.75, 3.05) is 81.5 Å². The molecule has 0 aliphatic carbocycles. The number of nitrogens with zero attached hydrogens (tertiary/aromatic N) is 6. The third kappa shape index (κ3) is 9.19. The van der Waals surface area contributed by atoms with Gasteiger partial charge in [0.25, 0.3) is 0 Å². The van der Waals surface area contributed by atoms with Gasteiger partial charge in [-0.3, -0.25) is 4.31 Å². The Kier molecular flexibility index (Phi) is 12.5. The number of carbonyl (C=O) groups excluding carboxylic acids is 1. The summed E-state index contributed by atoms with van der Waals surface area (Å²) in [6, 6.07) is 21.0. The second-order valence-electron chi connectivity index (χ2n) is 11.9. The summed E-state index contributed by atoms with van der Waals surface area (Å²) < 4.78 is 32.5. The van der Waals surface area contributed by atoms with Crippen LogP contribution in [0.15, 0.2) is 79.4 Å². The number of anilines is 3. The van der Waals surface area contributed by atoms with Crippen LogP contribution in [0.3, 0.4) is 0 Å². The molecule has 0 radical (unpaired) electrons. The summed E-state index contributed by atoms with van der Waals surface area (Å²) in [5, 5.41) is 8.14. The number of hydrogen-bond acceptors (Lipinski definition) is 11. The van der Waals surface area contributed by atoms with Crippen LogP contribution in [0.25, 0.3) is 0 Å². The van der Waals surface area contributed by atoms with E-state index in [0.29, 0.717) is 35.4 Å². The molecule has 13 nitrogen and oxygen atoms in total. The molecule has 16 heteroatoms. The fraction of sp³-hybridized carbons (Fsp3) is 0.400. The van der Waals surface area contributed by atoms with E-state index in [1.807, 2.05) is 48.7 Å². The number of carbonyl (C=O) groups is 1. The number of benzene rings is 3. The van der Waals surface area contributed by atoms with Gasteiger partial charge < -0.3 is 38.8 Å². The van der Waals surface area contributed by atoms with Gasteiger partial charge in [-0.25, -0.2) is 14.5 Å². The van der Waals surface area contributed by atoms with Crippen molar-refractivity contribution in [3.05, 3.63) is 95.0 Å². The van der Waals surface area contributed by atoms with Gasteiger partial charge >= 0.3 is 6.03 Å². The fourth-order valence-electron chi connectivity index (χ4n) is 6.01. The normalized spacial score (nSPS) is 19.1. The van der Waals surface area contributed by atoms with Crippen molar-refractivity contribution in [2.24, 2.45) is 0 Å². The number of hydrogen-bond donors (Lipinski definition) is 1. The van der Waals surface area contributed by atoms with Gasteiger partial charge in [0.1, 0.15) is 37.7 Å². The molecule has 0 bridgehead atoms. The molecule has 1 aromatic heterocycles. The van der Waals surface area contributed by atoms with Crippen LogP contribution in [0, 0.1) is 0 Å². The number of aromatic nitrogens is 3. The van der Waals surface area contributed by atoms with Crippen LogP contribution in [-0.4, -0.2) is 104 Å². The Bertz CT molecular complexity index is 1710.